The molecule has 0 aromatic heterocycles. The summed E-state index contributed by atoms with van der Waals surface area (Å²) in [5.74, 6) is -1.52. The van der Waals surface area contributed by atoms with Crippen LogP contribution in [0.5, 0.6) is 0 Å². The van der Waals surface area contributed by atoms with Gasteiger partial charge in [-0.2, -0.15) is 0 Å². The molecular formula is C14H19NO5. The Bertz CT molecular complexity index is 421. The summed E-state index contributed by atoms with van der Waals surface area (Å²) in [5, 5.41) is 11.6. The third-order valence-electron chi connectivity index (χ3n) is 2.58. The number of carbonyl (C=O) groups is 2. The summed E-state index contributed by atoms with van der Waals surface area (Å²) in [5.41, 5.74) is 0.848. The van der Waals surface area contributed by atoms with Crippen molar-refractivity contribution in [2.45, 2.75) is 12.5 Å². The summed E-state index contributed by atoms with van der Waals surface area (Å²) in [6, 6.07) is 8.17. The lowest BCUT2D eigenvalue weighted by Crippen LogP contribution is -2.44. The predicted molar refractivity (Wildman–Crippen MR) is 72.4 cm³/mol. The van der Waals surface area contributed by atoms with E-state index in [2.05, 4.69) is 5.32 Å². The Morgan fingerprint density at radius 1 is 1.25 bits per heavy atom. The van der Waals surface area contributed by atoms with E-state index in [1.807, 2.05) is 30.3 Å². The van der Waals surface area contributed by atoms with Crippen LogP contribution < -0.4 is 5.32 Å². The zero-order valence-electron chi connectivity index (χ0n) is 11.4. The molecule has 1 unspecified atom stereocenters. The van der Waals surface area contributed by atoms with Crippen LogP contribution in [0.1, 0.15) is 5.56 Å². The monoisotopic (exact) mass is 281 g/mol. The van der Waals surface area contributed by atoms with Gasteiger partial charge in [0.25, 0.3) is 0 Å². The zero-order chi connectivity index (χ0) is 14.8. The summed E-state index contributed by atoms with van der Waals surface area (Å²) in [6.07, 6.45) is 0.236. The first-order valence-corrected chi connectivity index (χ1v) is 6.26. The Morgan fingerprint density at radius 3 is 2.55 bits per heavy atom. The van der Waals surface area contributed by atoms with E-state index in [1.165, 1.54) is 7.11 Å². The molecule has 0 saturated heterocycles. The van der Waals surface area contributed by atoms with E-state index >= 15 is 0 Å². The smallest absolute Gasteiger partial charge is 0.326 e. The van der Waals surface area contributed by atoms with Crippen molar-refractivity contribution < 1.29 is 24.2 Å². The van der Waals surface area contributed by atoms with Crippen LogP contribution in [0.2, 0.25) is 0 Å². The second-order valence-electron chi connectivity index (χ2n) is 4.19. The van der Waals surface area contributed by atoms with Crippen LogP contribution in [0.15, 0.2) is 30.3 Å². The molecule has 0 bridgehead atoms. The number of benzene rings is 1. The van der Waals surface area contributed by atoms with Crippen LogP contribution in [-0.4, -0.2) is 50.0 Å². The third-order valence-corrected chi connectivity index (χ3v) is 2.58. The molecule has 2 N–H and O–H groups in total. The van der Waals surface area contributed by atoms with Crippen molar-refractivity contribution in [1.29, 1.82) is 0 Å². The predicted octanol–water partition coefficient (Wildman–Crippen LogP) is 0.461. The van der Waals surface area contributed by atoms with Crippen molar-refractivity contribution in [3.8, 4) is 0 Å². The molecule has 0 spiro atoms. The highest BCUT2D eigenvalue weighted by Crippen LogP contribution is 2.03. The Hall–Kier alpha value is -1.92. The van der Waals surface area contributed by atoms with Crippen LogP contribution in [0.4, 0.5) is 0 Å². The Labute approximate surface area is 117 Å². The zero-order valence-corrected chi connectivity index (χ0v) is 11.4. The molecular weight excluding hydrogens is 262 g/mol. The lowest BCUT2D eigenvalue weighted by molar-refractivity contribution is -0.142. The van der Waals surface area contributed by atoms with Gasteiger partial charge in [0, 0.05) is 13.5 Å². The van der Waals surface area contributed by atoms with Crippen LogP contribution in [0, 0.1) is 0 Å². The molecule has 0 aliphatic heterocycles. The van der Waals surface area contributed by atoms with E-state index in [-0.39, 0.29) is 13.0 Å². The fraction of sp³-hybridized carbons (Fsp3) is 0.429. The van der Waals surface area contributed by atoms with Crippen molar-refractivity contribution in [1.82, 2.24) is 5.32 Å². The van der Waals surface area contributed by atoms with E-state index in [0.717, 1.165) is 5.56 Å². The van der Waals surface area contributed by atoms with Gasteiger partial charge < -0.3 is 19.9 Å². The van der Waals surface area contributed by atoms with Gasteiger partial charge in [0.1, 0.15) is 12.6 Å². The van der Waals surface area contributed by atoms with Gasteiger partial charge in [0.15, 0.2) is 0 Å². The van der Waals surface area contributed by atoms with Gasteiger partial charge in [0.05, 0.1) is 13.2 Å². The average molecular weight is 281 g/mol. The molecule has 6 nitrogen and oxygen atoms in total. The van der Waals surface area contributed by atoms with Crippen LogP contribution in [0.25, 0.3) is 0 Å². The largest absolute Gasteiger partial charge is 0.480 e. The van der Waals surface area contributed by atoms with E-state index < -0.39 is 17.9 Å². The van der Waals surface area contributed by atoms with E-state index in [0.29, 0.717) is 13.2 Å². The van der Waals surface area contributed by atoms with E-state index in [4.69, 9.17) is 14.6 Å². The summed E-state index contributed by atoms with van der Waals surface area (Å²) < 4.78 is 9.81. The number of nitrogens with one attached hydrogen (secondary N) is 1. The lowest BCUT2D eigenvalue weighted by atomic mass is 10.1. The SMILES string of the molecule is COCCOCC(=O)NC(Cc1ccccc1)C(=O)O. The van der Waals surface area contributed by atoms with Gasteiger partial charge in [-0.15, -0.1) is 0 Å². The number of carboxylic acid groups (broad SMARTS) is 1. The molecule has 6 heteroatoms. The number of carbonyl (C=O) groups excluding carboxylic acids is 1. The summed E-state index contributed by atoms with van der Waals surface area (Å²) in [4.78, 5) is 22.7. The van der Waals surface area contributed by atoms with Crippen LogP contribution >= 0.6 is 0 Å². The molecule has 0 fully saturated rings. The van der Waals surface area contributed by atoms with Gasteiger partial charge in [-0.25, -0.2) is 4.79 Å². The molecule has 0 aliphatic rings. The molecule has 0 aliphatic carbocycles. The van der Waals surface area contributed by atoms with Crippen molar-refractivity contribution in [2.75, 3.05) is 26.9 Å². The molecule has 0 saturated carbocycles. The van der Waals surface area contributed by atoms with Crippen molar-refractivity contribution >= 4 is 11.9 Å². The Balaban J connectivity index is 2.43. The number of hydrogen-bond acceptors (Lipinski definition) is 4. The maximum Gasteiger partial charge on any atom is 0.326 e. The van der Waals surface area contributed by atoms with Crippen LogP contribution in [0.3, 0.4) is 0 Å². The summed E-state index contributed by atoms with van der Waals surface area (Å²) in [6.45, 7) is 0.502. The lowest BCUT2D eigenvalue weighted by Gasteiger charge is -2.14. The second kappa shape index (κ2) is 9.06. The minimum absolute atomic E-state index is 0.179. The number of rotatable bonds is 9. The Kier molecular flexibility index (Phi) is 7.31. The topological polar surface area (TPSA) is 84.9 Å². The van der Waals surface area contributed by atoms with Crippen molar-refractivity contribution in [3.05, 3.63) is 35.9 Å². The summed E-state index contributed by atoms with van der Waals surface area (Å²) in [7, 11) is 1.53. The maximum atomic E-state index is 11.6. The van der Waals surface area contributed by atoms with Crippen LogP contribution in [-0.2, 0) is 25.5 Å². The normalized spacial score (nSPS) is 11.8. The van der Waals surface area contributed by atoms with Crippen molar-refractivity contribution in [3.63, 3.8) is 0 Å². The quantitative estimate of drug-likeness (QED) is 0.642. The third kappa shape index (κ3) is 6.31. The molecule has 20 heavy (non-hydrogen) atoms. The van der Waals surface area contributed by atoms with Gasteiger partial charge in [0.2, 0.25) is 5.91 Å². The highest BCUT2D eigenvalue weighted by molar-refractivity contribution is 5.84. The molecule has 1 rings (SSSR count). The minimum Gasteiger partial charge on any atom is -0.480 e. The minimum atomic E-state index is -1.07. The van der Waals surface area contributed by atoms with E-state index in [1.54, 1.807) is 0 Å². The number of amides is 1. The van der Waals surface area contributed by atoms with Crippen molar-refractivity contribution in [2.24, 2.45) is 0 Å². The molecule has 0 heterocycles. The molecule has 110 valence electrons. The average Bonchev–Trinajstić information content (AvgIpc) is 2.44. The number of hydrogen-bond donors (Lipinski definition) is 2. The highest BCUT2D eigenvalue weighted by atomic mass is 16.5. The fourth-order valence-corrected chi connectivity index (χ4v) is 1.59. The highest BCUT2D eigenvalue weighted by Gasteiger charge is 2.20. The molecule has 1 amide bonds. The van der Waals surface area contributed by atoms with Gasteiger partial charge in [-0.3, -0.25) is 4.79 Å². The standard InChI is InChI=1S/C14H19NO5/c1-19-7-8-20-10-13(16)15-12(14(17)18)9-11-5-3-2-4-6-11/h2-6,12H,7-10H2,1H3,(H,15,16)(H,17,18). The fourth-order valence-electron chi connectivity index (χ4n) is 1.59. The molecule has 1 aromatic rings. The van der Waals surface area contributed by atoms with Gasteiger partial charge in [-0.05, 0) is 5.56 Å². The first-order chi connectivity index (χ1) is 9.63. The molecule has 1 aromatic carbocycles. The number of aliphatic carboxylic acids is 1. The number of methoxy groups -OCH3 is 1. The molecule has 0 radical (unpaired) electrons. The van der Waals surface area contributed by atoms with Gasteiger partial charge in [-0.1, -0.05) is 30.3 Å². The number of carboxylic acids is 1. The number of ether oxygens (including phenoxy) is 2. The van der Waals surface area contributed by atoms with E-state index in [9.17, 15) is 9.59 Å². The second-order valence-corrected chi connectivity index (χ2v) is 4.19. The first-order valence-electron chi connectivity index (χ1n) is 6.26. The first kappa shape index (κ1) is 16.1. The Morgan fingerprint density at radius 2 is 1.95 bits per heavy atom. The van der Waals surface area contributed by atoms with Gasteiger partial charge >= 0.3 is 5.97 Å². The molecule has 1 atom stereocenters. The maximum absolute atomic E-state index is 11.6. The summed E-state index contributed by atoms with van der Waals surface area (Å²) >= 11 is 0.